The number of carbonyl (C=O) groups is 2. The quantitative estimate of drug-likeness (QED) is 0.725. The van der Waals surface area contributed by atoms with Crippen molar-refractivity contribution in [3.8, 4) is 0 Å². The van der Waals surface area contributed by atoms with Crippen LogP contribution in [0.5, 0.6) is 0 Å². The van der Waals surface area contributed by atoms with Crippen molar-refractivity contribution in [2.45, 2.75) is 39.7 Å². The van der Waals surface area contributed by atoms with Gasteiger partial charge in [0.25, 0.3) is 5.91 Å². The molecule has 3 rings (SSSR count). The number of fused-ring (bicyclic) bond motifs is 1. The zero-order valence-electron chi connectivity index (χ0n) is 14.3. The topological polar surface area (TPSA) is 134 Å². The van der Waals surface area contributed by atoms with E-state index in [1.165, 1.54) is 6.33 Å². The Kier molecular flexibility index (Phi) is 5.93. The average Bonchev–Trinajstić information content (AvgIpc) is 3.12. The minimum absolute atomic E-state index is 0.128. The maximum absolute atomic E-state index is 12.4. The van der Waals surface area contributed by atoms with Gasteiger partial charge in [0.2, 0.25) is 5.91 Å². The predicted octanol–water partition coefficient (Wildman–Crippen LogP) is 1.86. The summed E-state index contributed by atoms with van der Waals surface area (Å²) in [6.45, 7) is 5.74. The second kappa shape index (κ2) is 8.13. The Labute approximate surface area is 144 Å². The van der Waals surface area contributed by atoms with Gasteiger partial charge in [0.05, 0.1) is 6.04 Å². The first-order valence-corrected chi connectivity index (χ1v) is 8.00. The van der Waals surface area contributed by atoms with Crippen LogP contribution in [0, 0.1) is 5.41 Å². The number of anilines is 1. The van der Waals surface area contributed by atoms with E-state index in [0.29, 0.717) is 35.7 Å². The highest BCUT2D eigenvalue weighted by molar-refractivity contribution is 5.99. The van der Waals surface area contributed by atoms with E-state index in [2.05, 4.69) is 25.8 Å². The first-order valence-electron chi connectivity index (χ1n) is 8.00. The zero-order chi connectivity index (χ0) is 18.4. The maximum Gasteiger partial charge on any atom is 0.270 e. The molecule has 3 N–H and O–H groups in total. The number of nitrogens with one attached hydrogen (secondary N) is 3. The van der Waals surface area contributed by atoms with Crippen LogP contribution < -0.4 is 10.6 Å². The molecule has 0 saturated heterocycles. The number of carbonyl (C=O) groups excluding carboxylic acids is 2. The van der Waals surface area contributed by atoms with Gasteiger partial charge in [-0.15, -0.1) is 0 Å². The van der Waals surface area contributed by atoms with Crippen molar-refractivity contribution in [3.05, 3.63) is 35.1 Å². The first kappa shape index (κ1) is 18.2. The number of hydrogen-bond donors (Lipinski definition) is 3. The van der Waals surface area contributed by atoms with Crippen molar-refractivity contribution in [2.24, 2.45) is 0 Å². The van der Waals surface area contributed by atoms with Crippen molar-refractivity contribution < 1.29 is 14.1 Å². The van der Waals surface area contributed by atoms with E-state index in [9.17, 15) is 9.59 Å². The minimum Gasteiger partial charge on any atom is -0.359 e. The summed E-state index contributed by atoms with van der Waals surface area (Å²) in [6, 6.07) is 1.14. The van der Waals surface area contributed by atoms with Gasteiger partial charge < -0.3 is 20.6 Å². The molecule has 0 fully saturated rings. The van der Waals surface area contributed by atoms with Crippen molar-refractivity contribution in [1.29, 1.82) is 5.41 Å². The molecule has 3 heterocycles. The van der Waals surface area contributed by atoms with E-state index in [-0.39, 0.29) is 17.5 Å². The SMILES string of the molecule is CC.CC(NC(=O)c1ncnc2c1CCC(=O)N2)c1cc(C=N)no1. The van der Waals surface area contributed by atoms with Crippen LogP contribution in [0.4, 0.5) is 5.82 Å². The molecule has 0 saturated carbocycles. The lowest BCUT2D eigenvalue weighted by Gasteiger charge is -2.18. The summed E-state index contributed by atoms with van der Waals surface area (Å²) in [5.41, 5.74) is 1.23. The van der Waals surface area contributed by atoms with E-state index in [1.807, 2.05) is 13.8 Å². The largest absolute Gasteiger partial charge is 0.359 e. The van der Waals surface area contributed by atoms with Crippen molar-refractivity contribution in [3.63, 3.8) is 0 Å². The Hall–Kier alpha value is -3.10. The number of amides is 2. The molecule has 1 aliphatic heterocycles. The summed E-state index contributed by atoms with van der Waals surface area (Å²) in [5.74, 6) is 0.296. The molecule has 25 heavy (non-hydrogen) atoms. The molecule has 2 amide bonds. The Balaban J connectivity index is 0.00000109. The molecule has 132 valence electrons. The summed E-state index contributed by atoms with van der Waals surface area (Å²) in [6.07, 6.45) is 3.01. The lowest BCUT2D eigenvalue weighted by atomic mass is 10.0. The van der Waals surface area contributed by atoms with Crippen LogP contribution in [-0.2, 0) is 11.2 Å². The molecule has 0 bridgehead atoms. The predicted molar refractivity (Wildman–Crippen MR) is 90.6 cm³/mol. The van der Waals surface area contributed by atoms with Gasteiger partial charge in [-0.2, -0.15) is 0 Å². The maximum atomic E-state index is 12.4. The number of nitrogens with zero attached hydrogens (tertiary/aromatic N) is 3. The average molecular weight is 344 g/mol. The van der Waals surface area contributed by atoms with Crippen LogP contribution in [-0.4, -0.2) is 33.2 Å². The standard InChI is InChI=1S/C14H14N6O3.C2H6/c1-7(10-4-8(5-15)20-23-10)18-14(22)12-9-2-3-11(21)19-13(9)17-6-16-12;1-2/h4-7,15H,2-3H2,1H3,(H,18,22)(H,16,17,19,21);1-2H3. The summed E-state index contributed by atoms with van der Waals surface area (Å²) >= 11 is 0. The third-order valence-electron chi connectivity index (χ3n) is 3.49. The third-order valence-corrected chi connectivity index (χ3v) is 3.49. The molecule has 1 atom stereocenters. The van der Waals surface area contributed by atoms with E-state index in [4.69, 9.17) is 9.93 Å². The molecule has 1 unspecified atom stereocenters. The van der Waals surface area contributed by atoms with Crippen LogP contribution in [0.2, 0.25) is 0 Å². The number of aromatic nitrogens is 3. The summed E-state index contributed by atoms with van der Waals surface area (Å²) in [5, 5.41) is 16.2. The second-order valence-electron chi connectivity index (χ2n) is 5.09. The minimum atomic E-state index is -0.438. The molecule has 9 heteroatoms. The Bertz CT molecular complexity index is 786. The van der Waals surface area contributed by atoms with E-state index >= 15 is 0 Å². The smallest absolute Gasteiger partial charge is 0.270 e. The molecule has 0 aliphatic carbocycles. The molecule has 0 radical (unpaired) electrons. The van der Waals surface area contributed by atoms with Crippen LogP contribution in [0.3, 0.4) is 0 Å². The Morgan fingerprint density at radius 2 is 2.16 bits per heavy atom. The van der Waals surface area contributed by atoms with Crippen LogP contribution in [0.1, 0.15) is 60.7 Å². The fourth-order valence-electron chi connectivity index (χ4n) is 2.30. The molecule has 2 aromatic heterocycles. The lowest BCUT2D eigenvalue weighted by Crippen LogP contribution is -2.30. The molecule has 9 nitrogen and oxygen atoms in total. The van der Waals surface area contributed by atoms with Gasteiger partial charge in [0.1, 0.15) is 23.5 Å². The molecular formula is C16H20N6O3. The summed E-state index contributed by atoms with van der Waals surface area (Å²) in [4.78, 5) is 31.8. The van der Waals surface area contributed by atoms with Gasteiger partial charge in [0, 0.05) is 24.3 Å². The van der Waals surface area contributed by atoms with Crippen LogP contribution in [0.15, 0.2) is 16.9 Å². The van der Waals surface area contributed by atoms with Crippen molar-refractivity contribution >= 4 is 23.8 Å². The Morgan fingerprint density at radius 3 is 2.84 bits per heavy atom. The number of rotatable bonds is 4. The van der Waals surface area contributed by atoms with E-state index < -0.39 is 6.04 Å². The normalized spacial score (nSPS) is 13.6. The fourth-order valence-corrected chi connectivity index (χ4v) is 2.30. The highest BCUT2D eigenvalue weighted by Crippen LogP contribution is 2.22. The molecule has 0 aromatic carbocycles. The van der Waals surface area contributed by atoms with Gasteiger partial charge in [-0.25, -0.2) is 9.97 Å². The van der Waals surface area contributed by atoms with Crippen molar-refractivity contribution in [2.75, 3.05) is 5.32 Å². The number of hydrogen-bond acceptors (Lipinski definition) is 7. The highest BCUT2D eigenvalue weighted by Gasteiger charge is 2.25. The summed E-state index contributed by atoms with van der Waals surface area (Å²) < 4.78 is 5.08. The van der Waals surface area contributed by atoms with Gasteiger partial charge in [-0.05, 0) is 13.3 Å². The zero-order valence-corrected chi connectivity index (χ0v) is 14.3. The molecule has 0 spiro atoms. The lowest BCUT2D eigenvalue weighted by molar-refractivity contribution is -0.116. The van der Waals surface area contributed by atoms with Crippen LogP contribution in [0.25, 0.3) is 0 Å². The van der Waals surface area contributed by atoms with E-state index in [0.717, 1.165) is 6.21 Å². The Morgan fingerprint density at radius 1 is 1.40 bits per heavy atom. The third kappa shape index (κ3) is 4.06. The van der Waals surface area contributed by atoms with Gasteiger partial charge in [0.15, 0.2) is 5.76 Å². The highest BCUT2D eigenvalue weighted by atomic mass is 16.5. The molecule has 2 aromatic rings. The van der Waals surface area contributed by atoms with Crippen LogP contribution >= 0.6 is 0 Å². The van der Waals surface area contributed by atoms with Gasteiger partial charge >= 0.3 is 0 Å². The second-order valence-corrected chi connectivity index (χ2v) is 5.09. The first-order chi connectivity index (χ1) is 12.1. The van der Waals surface area contributed by atoms with Gasteiger partial charge in [-0.1, -0.05) is 19.0 Å². The van der Waals surface area contributed by atoms with E-state index in [1.54, 1.807) is 13.0 Å². The van der Waals surface area contributed by atoms with Gasteiger partial charge in [-0.3, -0.25) is 9.59 Å². The molecule has 1 aliphatic rings. The van der Waals surface area contributed by atoms with Crippen molar-refractivity contribution in [1.82, 2.24) is 20.4 Å². The fraction of sp³-hybridized carbons (Fsp3) is 0.375. The summed E-state index contributed by atoms with van der Waals surface area (Å²) in [7, 11) is 0. The monoisotopic (exact) mass is 344 g/mol. The molecular weight excluding hydrogens is 324 g/mol.